The standard InChI is InChI=1S/C21H25NO2S/c1-3-5-11-23-19-10-9-17(15-20(19)24-12-6-4-2)14-18(16-22)21-8-7-13-25-21/h7-10,13-15H,3-6,11-12H2,1-2H3/b18-14+. The fourth-order valence-corrected chi connectivity index (χ4v) is 2.95. The zero-order valence-corrected chi connectivity index (χ0v) is 15.8. The van der Waals surface area contributed by atoms with Crippen molar-refractivity contribution >= 4 is 23.0 Å². The molecule has 0 radical (unpaired) electrons. The molecule has 0 saturated carbocycles. The van der Waals surface area contributed by atoms with Gasteiger partial charge in [0.05, 0.1) is 18.8 Å². The minimum atomic E-state index is 0.661. The highest BCUT2D eigenvalue weighted by molar-refractivity contribution is 7.11. The summed E-state index contributed by atoms with van der Waals surface area (Å²) in [5.74, 6) is 1.53. The van der Waals surface area contributed by atoms with Gasteiger partial charge in [-0.05, 0) is 48.1 Å². The number of nitriles is 1. The minimum absolute atomic E-state index is 0.661. The van der Waals surface area contributed by atoms with Crippen molar-refractivity contribution in [2.45, 2.75) is 39.5 Å². The van der Waals surface area contributed by atoms with E-state index in [1.54, 1.807) is 11.3 Å². The summed E-state index contributed by atoms with van der Waals surface area (Å²) in [4.78, 5) is 0.972. The zero-order valence-electron chi connectivity index (χ0n) is 15.0. The first-order valence-electron chi connectivity index (χ1n) is 8.83. The molecule has 132 valence electrons. The first-order valence-corrected chi connectivity index (χ1v) is 9.71. The van der Waals surface area contributed by atoms with Crippen LogP contribution in [0, 0.1) is 11.3 Å². The first-order chi connectivity index (χ1) is 12.3. The molecule has 25 heavy (non-hydrogen) atoms. The molecule has 0 N–H and O–H groups in total. The molecule has 2 rings (SSSR count). The Balaban J connectivity index is 2.23. The van der Waals surface area contributed by atoms with Crippen molar-refractivity contribution < 1.29 is 9.47 Å². The van der Waals surface area contributed by atoms with E-state index in [2.05, 4.69) is 19.9 Å². The summed E-state index contributed by atoms with van der Waals surface area (Å²) in [5, 5.41) is 11.4. The number of benzene rings is 1. The first kappa shape index (κ1) is 19.1. The summed E-state index contributed by atoms with van der Waals surface area (Å²) in [7, 11) is 0. The average Bonchev–Trinajstić information content (AvgIpc) is 3.16. The number of nitrogens with zero attached hydrogens (tertiary/aromatic N) is 1. The molecule has 3 nitrogen and oxygen atoms in total. The van der Waals surface area contributed by atoms with Gasteiger partial charge in [-0.15, -0.1) is 11.3 Å². The van der Waals surface area contributed by atoms with Crippen LogP contribution >= 0.6 is 11.3 Å². The quantitative estimate of drug-likeness (QED) is 0.378. The molecule has 0 aliphatic rings. The van der Waals surface area contributed by atoms with Crippen molar-refractivity contribution in [3.8, 4) is 17.6 Å². The Bertz CT molecular complexity index is 714. The van der Waals surface area contributed by atoms with E-state index in [-0.39, 0.29) is 0 Å². The van der Waals surface area contributed by atoms with E-state index in [0.717, 1.165) is 47.6 Å². The SMILES string of the molecule is CCCCOc1ccc(/C=C(\C#N)c2cccs2)cc1OCCCC. The Morgan fingerprint density at radius 1 is 1.08 bits per heavy atom. The number of hydrogen-bond donors (Lipinski definition) is 0. The molecule has 1 aromatic carbocycles. The summed E-state index contributed by atoms with van der Waals surface area (Å²) in [6.45, 7) is 5.64. The van der Waals surface area contributed by atoms with Crippen LogP contribution in [0.4, 0.5) is 0 Å². The lowest BCUT2D eigenvalue weighted by Crippen LogP contribution is -2.02. The summed E-state index contributed by atoms with van der Waals surface area (Å²) in [6, 6.07) is 12.1. The zero-order chi connectivity index (χ0) is 17.9. The topological polar surface area (TPSA) is 42.2 Å². The highest BCUT2D eigenvalue weighted by Gasteiger charge is 2.08. The Labute approximate surface area is 154 Å². The molecule has 0 fully saturated rings. The van der Waals surface area contributed by atoms with Gasteiger partial charge in [-0.1, -0.05) is 38.8 Å². The van der Waals surface area contributed by atoms with Crippen LogP contribution in [0.3, 0.4) is 0 Å². The second-order valence-electron chi connectivity index (χ2n) is 5.76. The van der Waals surface area contributed by atoms with Gasteiger partial charge in [0.2, 0.25) is 0 Å². The molecule has 0 bridgehead atoms. The Kier molecular flexibility index (Phi) is 8.08. The minimum Gasteiger partial charge on any atom is -0.490 e. The third kappa shape index (κ3) is 5.95. The highest BCUT2D eigenvalue weighted by Crippen LogP contribution is 2.31. The maximum Gasteiger partial charge on any atom is 0.161 e. The highest BCUT2D eigenvalue weighted by atomic mass is 32.1. The van der Waals surface area contributed by atoms with Crippen LogP contribution < -0.4 is 9.47 Å². The monoisotopic (exact) mass is 355 g/mol. The van der Waals surface area contributed by atoms with E-state index in [4.69, 9.17) is 9.47 Å². The van der Waals surface area contributed by atoms with Gasteiger partial charge in [0.25, 0.3) is 0 Å². The van der Waals surface area contributed by atoms with Gasteiger partial charge in [0, 0.05) is 4.88 Å². The second kappa shape index (κ2) is 10.6. The van der Waals surface area contributed by atoms with Gasteiger partial charge in [0.1, 0.15) is 6.07 Å². The maximum atomic E-state index is 9.43. The summed E-state index contributed by atoms with van der Waals surface area (Å²) >= 11 is 1.57. The van der Waals surface area contributed by atoms with Crippen LogP contribution in [0.15, 0.2) is 35.7 Å². The second-order valence-corrected chi connectivity index (χ2v) is 6.71. The van der Waals surface area contributed by atoms with Gasteiger partial charge < -0.3 is 9.47 Å². The van der Waals surface area contributed by atoms with Crippen molar-refractivity contribution in [3.05, 3.63) is 46.2 Å². The number of hydrogen-bond acceptors (Lipinski definition) is 4. The normalized spacial score (nSPS) is 11.2. The van der Waals surface area contributed by atoms with E-state index in [1.165, 1.54) is 0 Å². The Morgan fingerprint density at radius 2 is 1.80 bits per heavy atom. The number of ether oxygens (including phenoxy) is 2. The fourth-order valence-electron chi connectivity index (χ4n) is 2.26. The third-order valence-electron chi connectivity index (χ3n) is 3.70. The van der Waals surface area contributed by atoms with E-state index in [9.17, 15) is 5.26 Å². The van der Waals surface area contributed by atoms with E-state index < -0.39 is 0 Å². The molecule has 0 aliphatic carbocycles. The van der Waals surface area contributed by atoms with E-state index in [1.807, 2.05) is 41.8 Å². The molecule has 2 aromatic rings. The lowest BCUT2D eigenvalue weighted by atomic mass is 10.1. The van der Waals surface area contributed by atoms with Crippen molar-refractivity contribution in [3.63, 3.8) is 0 Å². The van der Waals surface area contributed by atoms with E-state index >= 15 is 0 Å². The lowest BCUT2D eigenvalue weighted by molar-refractivity contribution is 0.262. The van der Waals surface area contributed by atoms with Gasteiger partial charge in [-0.2, -0.15) is 5.26 Å². The number of rotatable bonds is 10. The van der Waals surface area contributed by atoms with E-state index in [0.29, 0.717) is 18.8 Å². The molecule has 0 aliphatic heterocycles. The van der Waals surface area contributed by atoms with Crippen LogP contribution in [0.2, 0.25) is 0 Å². The molecular formula is C21H25NO2S. The molecule has 0 atom stereocenters. The molecule has 0 spiro atoms. The average molecular weight is 356 g/mol. The molecular weight excluding hydrogens is 330 g/mol. The van der Waals surface area contributed by atoms with Crippen LogP contribution in [0.25, 0.3) is 11.6 Å². The van der Waals surface area contributed by atoms with Crippen LogP contribution in [-0.2, 0) is 0 Å². The summed E-state index contributed by atoms with van der Waals surface area (Å²) in [6.07, 6.45) is 6.11. The summed E-state index contributed by atoms with van der Waals surface area (Å²) in [5.41, 5.74) is 1.61. The van der Waals surface area contributed by atoms with Crippen LogP contribution in [-0.4, -0.2) is 13.2 Å². The maximum absolute atomic E-state index is 9.43. The smallest absolute Gasteiger partial charge is 0.161 e. The van der Waals surface area contributed by atoms with Crippen LogP contribution in [0.1, 0.15) is 50.0 Å². The molecule has 1 heterocycles. The van der Waals surface area contributed by atoms with Gasteiger partial charge in [-0.25, -0.2) is 0 Å². The fraction of sp³-hybridized carbons (Fsp3) is 0.381. The van der Waals surface area contributed by atoms with Crippen LogP contribution in [0.5, 0.6) is 11.5 Å². The van der Waals surface area contributed by atoms with Gasteiger partial charge >= 0.3 is 0 Å². The number of unbranched alkanes of at least 4 members (excludes halogenated alkanes) is 2. The van der Waals surface area contributed by atoms with Crippen molar-refractivity contribution in [1.82, 2.24) is 0 Å². The van der Waals surface area contributed by atoms with Gasteiger partial charge in [-0.3, -0.25) is 0 Å². The molecule has 0 saturated heterocycles. The predicted octanol–water partition coefficient (Wildman–Crippen LogP) is 6.17. The molecule has 1 aromatic heterocycles. The van der Waals surface area contributed by atoms with Crippen molar-refractivity contribution in [2.75, 3.05) is 13.2 Å². The molecule has 0 amide bonds. The predicted molar refractivity (Wildman–Crippen MR) is 105 cm³/mol. The Hall–Kier alpha value is -2.25. The lowest BCUT2D eigenvalue weighted by Gasteiger charge is -2.13. The molecule has 0 unspecified atom stereocenters. The van der Waals surface area contributed by atoms with Crippen molar-refractivity contribution in [1.29, 1.82) is 5.26 Å². The third-order valence-corrected chi connectivity index (χ3v) is 4.60. The Morgan fingerprint density at radius 3 is 2.40 bits per heavy atom. The number of allylic oxidation sites excluding steroid dienone is 1. The largest absolute Gasteiger partial charge is 0.490 e. The number of thiophene rings is 1. The molecule has 4 heteroatoms. The van der Waals surface area contributed by atoms with Crippen molar-refractivity contribution in [2.24, 2.45) is 0 Å². The summed E-state index contributed by atoms with van der Waals surface area (Å²) < 4.78 is 11.8. The van der Waals surface area contributed by atoms with Gasteiger partial charge in [0.15, 0.2) is 11.5 Å².